The first kappa shape index (κ1) is 14.9. The quantitative estimate of drug-likeness (QED) is 0.923. The third-order valence-electron chi connectivity index (χ3n) is 4.17. The number of nitrogens with zero attached hydrogens (tertiary/aromatic N) is 1. The molecule has 1 aliphatic heterocycles. The van der Waals surface area contributed by atoms with E-state index in [4.69, 9.17) is 0 Å². The van der Waals surface area contributed by atoms with Crippen LogP contribution in [0.5, 0.6) is 0 Å². The summed E-state index contributed by atoms with van der Waals surface area (Å²) in [6.07, 6.45) is 0. The lowest BCUT2D eigenvalue weighted by molar-refractivity contribution is -0.136. The first-order chi connectivity index (χ1) is 9.41. The minimum absolute atomic E-state index is 0.0290. The zero-order valence-corrected chi connectivity index (χ0v) is 12.0. The van der Waals surface area contributed by atoms with Gasteiger partial charge in [0.1, 0.15) is 11.6 Å². The summed E-state index contributed by atoms with van der Waals surface area (Å²) in [5, 5.41) is 3.18. The first-order valence-electron chi connectivity index (χ1n) is 6.84. The van der Waals surface area contributed by atoms with Gasteiger partial charge in [0.15, 0.2) is 0 Å². The largest absolute Gasteiger partial charge is 0.339 e. The highest BCUT2D eigenvalue weighted by molar-refractivity contribution is 5.80. The van der Waals surface area contributed by atoms with E-state index in [1.54, 1.807) is 14.0 Å². The van der Waals surface area contributed by atoms with Gasteiger partial charge in [0.2, 0.25) is 5.91 Å². The number of amides is 1. The smallest absolute Gasteiger partial charge is 0.227 e. The van der Waals surface area contributed by atoms with Crippen molar-refractivity contribution in [2.24, 2.45) is 11.8 Å². The van der Waals surface area contributed by atoms with Gasteiger partial charge in [-0.25, -0.2) is 8.78 Å². The maximum atomic E-state index is 13.8. The topological polar surface area (TPSA) is 32.3 Å². The third kappa shape index (κ3) is 2.82. The van der Waals surface area contributed by atoms with Crippen LogP contribution >= 0.6 is 0 Å². The molecule has 0 saturated carbocycles. The molecule has 1 aromatic carbocycles. The van der Waals surface area contributed by atoms with Gasteiger partial charge in [-0.05, 0) is 37.6 Å². The molecule has 2 rings (SSSR count). The average molecular weight is 282 g/mol. The first-order valence-corrected chi connectivity index (χ1v) is 6.84. The molecule has 20 heavy (non-hydrogen) atoms. The predicted molar refractivity (Wildman–Crippen MR) is 73.1 cm³/mol. The Labute approximate surface area is 118 Å². The fourth-order valence-electron chi connectivity index (χ4n) is 2.64. The molecule has 1 N–H and O–H groups in total. The van der Waals surface area contributed by atoms with Crippen LogP contribution in [-0.4, -0.2) is 30.9 Å². The molecule has 1 fully saturated rings. The van der Waals surface area contributed by atoms with Gasteiger partial charge < -0.3 is 10.2 Å². The number of hydrogen-bond donors (Lipinski definition) is 1. The van der Waals surface area contributed by atoms with E-state index in [0.717, 1.165) is 24.7 Å². The molecule has 0 aromatic heterocycles. The maximum absolute atomic E-state index is 13.8. The Hall–Kier alpha value is -1.49. The van der Waals surface area contributed by atoms with Crippen molar-refractivity contribution >= 4 is 5.91 Å². The highest BCUT2D eigenvalue weighted by Crippen LogP contribution is 2.26. The molecule has 1 aliphatic rings. The van der Waals surface area contributed by atoms with E-state index in [0.29, 0.717) is 6.54 Å². The van der Waals surface area contributed by atoms with E-state index in [-0.39, 0.29) is 23.3 Å². The van der Waals surface area contributed by atoms with Crippen molar-refractivity contribution in [2.75, 3.05) is 20.1 Å². The van der Waals surface area contributed by atoms with Crippen molar-refractivity contribution < 1.29 is 13.6 Å². The maximum Gasteiger partial charge on any atom is 0.227 e. The van der Waals surface area contributed by atoms with Crippen molar-refractivity contribution in [1.29, 1.82) is 0 Å². The summed E-state index contributed by atoms with van der Waals surface area (Å²) in [6.45, 7) is 5.18. The second kappa shape index (κ2) is 5.87. The second-order valence-corrected chi connectivity index (χ2v) is 5.53. The number of benzene rings is 1. The zero-order valence-electron chi connectivity index (χ0n) is 12.0. The van der Waals surface area contributed by atoms with Crippen LogP contribution in [-0.2, 0) is 4.79 Å². The molecular weight excluding hydrogens is 262 g/mol. The lowest BCUT2D eigenvalue weighted by atomic mass is 9.95. The predicted octanol–water partition coefficient (Wildman–Crippen LogP) is 2.34. The van der Waals surface area contributed by atoms with E-state index >= 15 is 0 Å². The molecule has 3 unspecified atom stereocenters. The summed E-state index contributed by atoms with van der Waals surface area (Å²) in [6, 6.07) is 2.83. The highest BCUT2D eigenvalue weighted by atomic mass is 19.1. The number of nitrogens with one attached hydrogen (secondary N) is 1. The van der Waals surface area contributed by atoms with Crippen LogP contribution in [0.1, 0.15) is 25.5 Å². The average Bonchev–Trinajstić information content (AvgIpc) is 2.85. The Morgan fingerprint density at radius 3 is 2.70 bits per heavy atom. The van der Waals surface area contributed by atoms with Crippen LogP contribution in [0.3, 0.4) is 0 Å². The van der Waals surface area contributed by atoms with Crippen molar-refractivity contribution in [3.8, 4) is 0 Å². The number of hydrogen-bond acceptors (Lipinski definition) is 2. The van der Waals surface area contributed by atoms with Crippen LogP contribution in [0.2, 0.25) is 0 Å². The molecule has 3 atom stereocenters. The van der Waals surface area contributed by atoms with Crippen molar-refractivity contribution in [3.63, 3.8) is 0 Å². The molecule has 1 aromatic rings. The van der Waals surface area contributed by atoms with Crippen LogP contribution < -0.4 is 5.32 Å². The van der Waals surface area contributed by atoms with E-state index in [9.17, 15) is 13.6 Å². The van der Waals surface area contributed by atoms with Crippen LogP contribution in [0, 0.1) is 23.5 Å². The van der Waals surface area contributed by atoms with Gasteiger partial charge in [-0.3, -0.25) is 4.79 Å². The van der Waals surface area contributed by atoms with Crippen LogP contribution in [0.15, 0.2) is 18.2 Å². The van der Waals surface area contributed by atoms with Crippen molar-refractivity contribution in [1.82, 2.24) is 10.2 Å². The second-order valence-electron chi connectivity index (χ2n) is 5.53. The van der Waals surface area contributed by atoms with Gasteiger partial charge in [0, 0.05) is 19.2 Å². The fraction of sp³-hybridized carbons (Fsp3) is 0.533. The molecule has 1 amide bonds. The molecule has 1 heterocycles. The lowest BCUT2D eigenvalue weighted by Crippen LogP contribution is -2.38. The molecule has 3 nitrogen and oxygen atoms in total. The number of rotatable bonds is 3. The molecule has 110 valence electrons. The molecule has 0 spiro atoms. The molecule has 0 aliphatic carbocycles. The van der Waals surface area contributed by atoms with Gasteiger partial charge in [-0.15, -0.1) is 0 Å². The number of carbonyl (C=O) groups is 1. The highest BCUT2D eigenvalue weighted by Gasteiger charge is 2.33. The standard InChI is InChI=1S/C15H20F2N2O/c1-9-7-18-8-13(9)15(20)19(3)10(2)12-6-11(16)4-5-14(12)17/h4-6,9-10,13,18H,7-8H2,1-3H3. The Bertz CT molecular complexity index is 507. The van der Waals surface area contributed by atoms with Gasteiger partial charge in [-0.2, -0.15) is 0 Å². The zero-order chi connectivity index (χ0) is 14.9. The summed E-state index contributed by atoms with van der Waals surface area (Å²) < 4.78 is 27.0. The summed E-state index contributed by atoms with van der Waals surface area (Å²) in [4.78, 5) is 13.9. The fourth-order valence-corrected chi connectivity index (χ4v) is 2.64. The Balaban J connectivity index is 2.17. The molecule has 0 bridgehead atoms. The van der Waals surface area contributed by atoms with E-state index in [1.165, 1.54) is 4.90 Å². The summed E-state index contributed by atoms with van der Waals surface area (Å²) in [5.74, 6) is -0.853. The Morgan fingerprint density at radius 2 is 2.10 bits per heavy atom. The normalized spacial score (nSPS) is 23.6. The van der Waals surface area contributed by atoms with Gasteiger partial charge in [0.25, 0.3) is 0 Å². The monoisotopic (exact) mass is 282 g/mol. The van der Waals surface area contributed by atoms with Gasteiger partial charge >= 0.3 is 0 Å². The third-order valence-corrected chi connectivity index (χ3v) is 4.17. The SMILES string of the molecule is CC1CNCC1C(=O)N(C)C(C)c1cc(F)ccc1F. The van der Waals surface area contributed by atoms with Gasteiger partial charge in [-0.1, -0.05) is 6.92 Å². The summed E-state index contributed by atoms with van der Waals surface area (Å²) in [7, 11) is 1.64. The van der Waals surface area contributed by atoms with Gasteiger partial charge in [0.05, 0.1) is 12.0 Å². The van der Waals surface area contributed by atoms with E-state index in [1.807, 2.05) is 6.92 Å². The van der Waals surface area contributed by atoms with Crippen molar-refractivity contribution in [3.05, 3.63) is 35.4 Å². The lowest BCUT2D eigenvalue weighted by Gasteiger charge is -2.29. The molecule has 1 saturated heterocycles. The van der Waals surface area contributed by atoms with Crippen LogP contribution in [0.4, 0.5) is 8.78 Å². The Morgan fingerprint density at radius 1 is 1.40 bits per heavy atom. The number of halogens is 2. The summed E-state index contributed by atoms with van der Waals surface area (Å²) >= 11 is 0. The summed E-state index contributed by atoms with van der Waals surface area (Å²) in [5.41, 5.74) is 0.208. The molecular formula is C15H20F2N2O. The minimum atomic E-state index is -0.495. The number of carbonyl (C=O) groups excluding carboxylic acids is 1. The minimum Gasteiger partial charge on any atom is -0.339 e. The van der Waals surface area contributed by atoms with E-state index in [2.05, 4.69) is 5.32 Å². The molecule has 5 heteroatoms. The Kier molecular flexibility index (Phi) is 4.38. The van der Waals surface area contributed by atoms with E-state index < -0.39 is 17.7 Å². The molecule has 0 radical (unpaired) electrons. The van der Waals surface area contributed by atoms with Crippen molar-refractivity contribution in [2.45, 2.75) is 19.9 Å². The van der Waals surface area contributed by atoms with Crippen LogP contribution in [0.25, 0.3) is 0 Å².